The van der Waals surface area contributed by atoms with Gasteiger partial charge in [0.1, 0.15) is 0 Å². The van der Waals surface area contributed by atoms with Crippen molar-refractivity contribution in [3.05, 3.63) is 0 Å². The average Bonchev–Trinajstić information content (AvgIpc) is 2.69. The van der Waals surface area contributed by atoms with E-state index in [1.54, 1.807) is 0 Å². The maximum absolute atomic E-state index is 2.43. The molecule has 0 aromatic heterocycles. The molecule has 1 aliphatic rings. The minimum atomic E-state index is 0.901. The zero-order valence-corrected chi connectivity index (χ0v) is 9.84. The van der Waals surface area contributed by atoms with Crippen LogP contribution in [0.25, 0.3) is 0 Å². The summed E-state index contributed by atoms with van der Waals surface area (Å²) in [5, 5.41) is 0. The van der Waals surface area contributed by atoms with E-state index in [1.807, 2.05) is 0 Å². The third-order valence-electron chi connectivity index (χ3n) is 3.80. The third kappa shape index (κ3) is 3.32. The quantitative estimate of drug-likeness (QED) is 0.531. The Kier molecular flexibility index (Phi) is 4.28. The maximum Gasteiger partial charge on any atom is -0.0355 e. The first-order chi connectivity index (χ1) is 6.16. The minimum absolute atomic E-state index is 0.901. The van der Waals surface area contributed by atoms with Crippen LogP contribution >= 0.6 is 0 Å². The van der Waals surface area contributed by atoms with Crippen LogP contribution in [-0.4, -0.2) is 0 Å². The van der Waals surface area contributed by atoms with Gasteiger partial charge in [-0.05, 0) is 30.1 Å². The lowest BCUT2D eigenvalue weighted by molar-refractivity contribution is 0.501. The normalized spacial score (nSPS) is 32.5. The molecule has 0 bridgehead atoms. The summed E-state index contributed by atoms with van der Waals surface area (Å²) in [4.78, 5) is 0. The summed E-state index contributed by atoms with van der Waals surface area (Å²) < 4.78 is 0. The summed E-state index contributed by atoms with van der Waals surface area (Å²) in [7, 11) is 0. The predicted octanol–water partition coefficient (Wildman–Crippen LogP) is 4.49. The van der Waals surface area contributed by atoms with Gasteiger partial charge in [0.25, 0.3) is 0 Å². The highest BCUT2D eigenvalue weighted by molar-refractivity contribution is 4.92. The molecule has 0 saturated heterocycles. The van der Waals surface area contributed by atoms with Gasteiger partial charge in [-0.15, -0.1) is 0 Å². The first-order valence-electron chi connectivity index (χ1n) is 6.16. The summed E-state index contributed by atoms with van der Waals surface area (Å²) in [6.45, 7) is 9.43. The third-order valence-corrected chi connectivity index (χ3v) is 3.80. The Labute approximate surface area is 84.1 Å². The molecule has 0 spiro atoms. The molecule has 0 aromatic rings. The van der Waals surface area contributed by atoms with E-state index in [-0.39, 0.29) is 0 Å². The molecule has 0 heteroatoms. The molecular weight excluding hydrogens is 156 g/mol. The van der Waals surface area contributed by atoms with E-state index in [0.29, 0.717) is 0 Å². The summed E-state index contributed by atoms with van der Waals surface area (Å²) >= 11 is 0. The van der Waals surface area contributed by atoms with Crippen molar-refractivity contribution >= 4 is 0 Å². The van der Waals surface area contributed by atoms with Crippen LogP contribution in [0.1, 0.15) is 59.8 Å². The average molecular weight is 182 g/mol. The van der Waals surface area contributed by atoms with Crippen LogP contribution in [0.5, 0.6) is 0 Å². The fraction of sp³-hybridized carbons (Fsp3) is 1.00. The molecular formula is C13H26. The highest BCUT2D eigenvalue weighted by atomic mass is 14.5. The van der Waals surface area contributed by atoms with Crippen molar-refractivity contribution in [2.75, 3.05) is 0 Å². The lowest BCUT2D eigenvalue weighted by Crippen LogP contribution is -1.88. The van der Waals surface area contributed by atoms with E-state index in [1.165, 1.54) is 32.1 Å². The lowest BCUT2D eigenvalue weighted by Gasteiger charge is -2.03. The van der Waals surface area contributed by atoms with Crippen LogP contribution in [0.2, 0.25) is 0 Å². The number of unbranched alkanes of at least 4 members (excludes halogenated alkanes) is 1. The van der Waals surface area contributed by atoms with Gasteiger partial charge in [-0.25, -0.2) is 0 Å². The fourth-order valence-electron chi connectivity index (χ4n) is 2.72. The second kappa shape index (κ2) is 5.02. The Morgan fingerprint density at radius 1 is 1.08 bits per heavy atom. The Morgan fingerprint density at radius 3 is 2.23 bits per heavy atom. The zero-order valence-electron chi connectivity index (χ0n) is 9.84. The van der Waals surface area contributed by atoms with Crippen molar-refractivity contribution < 1.29 is 0 Å². The Balaban J connectivity index is 1.96. The molecule has 0 N–H and O–H groups in total. The molecule has 1 fully saturated rings. The zero-order chi connectivity index (χ0) is 9.84. The molecule has 13 heavy (non-hydrogen) atoms. The van der Waals surface area contributed by atoms with Gasteiger partial charge < -0.3 is 0 Å². The Morgan fingerprint density at radius 2 is 1.77 bits per heavy atom. The summed E-state index contributed by atoms with van der Waals surface area (Å²) in [5.74, 6) is 4.12. The molecule has 0 nitrogen and oxygen atoms in total. The van der Waals surface area contributed by atoms with Crippen molar-refractivity contribution in [2.45, 2.75) is 59.8 Å². The molecule has 1 saturated carbocycles. The topological polar surface area (TPSA) is 0 Å². The second-order valence-corrected chi connectivity index (χ2v) is 5.27. The maximum atomic E-state index is 2.43. The predicted molar refractivity (Wildman–Crippen MR) is 59.7 cm³/mol. The molecule has 78 valence electrons. The number of hydrogen-bond acceptors (Lipinski definition) is 0. The van der Waals surface area contributed by atoms with Crippen molar-refractivity contribution in [1.29, 1.82) is 0 Å². The Bertz CT molecular complexity index is 137. The monoisotopic (exact) mass is 182 g/mol. The summed E-state index contributed by atoms with van der Waals surface area (Å²) in [6.07, 6.45) is 7.28. The highest BCUT2D eigenvalue weighted by Crippen LogP contribution is 2.50. The van der Waals surface area contributed by atoms with Crippen LogP contribution in [0.15, 0.2) is 0 Å². The van der Waals surface area contributed by atoms with Gasteiger partial charge in [0.2, 0.25) is 0 Å². The van der Waals surface area contributed by atoms with Gasteiger partial charge in [-0.3, -0.25) is 0 Å². The van der Waals surface area contributed by atoms with Gasteiger partial charge in [0.15, 0.2) is 0 Å². The molecule has 0 amide bonds. The van der Waals surface area contributed by atoms with Crippen LogP contribution in [0.4, 0.5) is 0 Å². The highest BCUT2D eigenvalue weighted by Gasteiger charge is 2.43. The smallest absolute Gasteiger partial charge is 0.0355 e. The SMILES string of the molecule is CCC1C(C)C1CCCCC(C)C. The molecule has 1 aliphatic carbocycles. The number of rotatable bonds is 6. The molecule has 0 aliphatic heterocycles. The van der Waals surface area contributed by atoms with Crippen LogP contribution in [-0.2, 0) is 0 Å². The van der Waals surface area contributed by atoms with Crippen molar-refractivity contribution in [3.63, 3.8) is 0 Å². The molecule has 0 heterocycles. The fourth-order valence-corrected chi connectivity index (χ4v) is 2.72. The van der Waals surface area contributed by atoms with E-state index in [4.69, 9.17) is 0 Å². The Hall–Kier alpha value is 0. The summed E-state index contributed by atoms with van der Waals surface area (Å²) in [5.41, 5.74) is 0. The molecule has 0 radical (unpaired) electrons. The van der Waals surface area contributed by atoms with Gasteiger partial charge in [-0.1, -0.05) is 53.4 Å². The van der Waals surface area contributed by atoms with Gasteiger partial charge in [0.05, 0.1) is 0 Å². The van der Waals surface area contributed by atoms with Crippen LogP contribution in [0.3, 0.4) is 0 Å². The van der Waals surface area contributed by atoms with Crippen LogP contribution < -0.4 is 0 Å². The lowest BCUT2D eigenvalue weighted by atomic mass is 10.0. The van der Waals surface area contributed by atoms with Crippen molar-refractivity contribution in [3.8, 4) is 0 Å². The minimum Gasteiger partial charge on any atom is -0.0651 e. The number of hydrogen-bond donors (Lipinski definition) is 0. The van der Waals surface area contributed by atoms with E-state index in [2.05, 4.69) is 27.7 Å². The van der Waals surface area contributed by atoms with Crippen LogP contribution in [0, 0.1) is 23.7 Å². The standard InChI is InChI=1S/C13H26/c1-5-12-11(4)13(12)9-7-6-8-10(2)3/h10-13H,5-9H2,1-4H3. The van der Waals surface area contributed by atoms with E-state index < -0.39 is 0 Å². The molecule has 3 atom stereocenters. The van der Waals surface area contributed by atoms with Gasteiger partial charge >= 0.3 is 0 Å². The first-order valence-corrected chi connectivity index (χ1v) is 6.16. The largest absolute Gasteiger partial charge is 0.0651 e. The van der Waals surface area contributed by atoms with E-state index in [0.717, 1.165) is 23.7 Å². The van der Waals surface area contributed by atoms with Gasteiger partial charge in [-0.2, -0.15) is 0 Å². The molecule has 3 unspecified atom stereocenters. The molecule has 1 rings (SSSR count). The van der Waals surface area contributed by atoms with Gasteiger partial charge in [0, 0.05) is 0 Å². The first kappa shape index (κ1) is 11.1. The van der Waals surface area contributed by atoms with E-state index in [9.17, 15) is 0 Å². The van der Waals surface area contributed by atoms with Crippen molar-refractivity contribution in [2.24, 2.45) is 23.7 Å². The van der Waals surface area contributed by atoms with Crippen molar-refractivity contribution in [1.82, 2.24) is 0 Å². The molecule has 0 aromatic carbocycles. The van der Waals surface area contributed by atoms with E-state index >= 15 is 0 Å². The second-order valence-electron chi connectivity index (χ2n) is 5.27. The summed E-state index contributed by atoms with van der Waals surface area (Å²) in [6, 6.07) is 0.